The molecule has 1 nitrogen and oxygen atoms in total. The van der Waals surface area contributed by atoms with Crippen molar-refractivity contribution < 1.29 is 4.74 Å². The number of ether oxygens (including phenoxy) is 1. The highest BCUT2D eigenvalue weighted by Crippen LogP contribution is 2.56. The van der Waals surface area contributed by atoms with Gasteiger partial charge in [0.2, 0.25) is 5.44 Å². The predicted molar refractivity (Wildman–Crippen MR) is 145 cm³/mol. The summed E-state index contributed by atoms with van der Waals surface area (Å²) in [6.07, 6.45) is 11.4. The number of hydrogen-bond acceptors (Lipinski definition) is 1. The summed E-state index contributed by atoms with van der Waals surface area (Å²) in [5.41, 5.74) is 5.35. The minimum Gasteiger partial charge on any atom is -0.321 e. The van der Waals surface area contributed by atoms with Crippen molar-refractivity contribution in [1.82, 2.24) is 0 Å². The van der Waals surface area contributed by atoms with E-state index in [-0.39, 0.29) is 27.8 Å². The van der Waals surface area contributed by atoms with Crippen molar-refractivity contribution in [3.05, 3.63) is 71.3 Å². The first-order valence-electron chi connectivity index (χ1n) is 12.9. The first-order valence-corrected chi connectivity index (χ1v) is 15.0. The van der Waals surface area contributed by atoms with Gasteiger partial charge in [-0.2, -0.15) is 0 Å². The smallest absolute Gasteiger partial charge is 0.244 e. The van der Waals surface area contributed by atoms with Crippen LogP contribution in [0.1, 0.15) is 88.5 Å². The van der Waals surface area contributed by atoms with Crippen LogP contribution in [0.3, 0.4) is 0 Å². The van der Waals surface area contributed by atoms with Gasteiger partial charge in [-0.05, 0) is 71.8 Å². The maximum Gasteiger partial charge on any atom is 0.244 e. The van der Waals surface area contributed by atoms with Crippen molar-refractivity contribution >= 4 is 10.9 Å². The molecule has 1 aliphatic carbocycles. The molecule has 2 aromatic carbocycles. The van der Waals surface area contributed by atoms with Crippen molar-refractivity contribution in [1.29, 1.82) is 0 Å². The molecule has 2 aliphatic rings. The van der Waals surface area contributed by atoms with Gasteiger partial charge in [-0.25, -0.2) is 0 Å². The summed E-state index contributed by atoms with van der Waals surface area (Å²) in [5.74, 6) is 2.16. The summed E-state index contributed by atoms with van der Waals surface area (Å²) in [5, 5.41) is 0. The number of fused-ring (bicyclic) bond motifs is 1. The van der Waals surface area contributed by atoms with E-state index in [9.17, 15) is 0 Å². The molecule has 1 aliphatic heterocycles. The van der Waals surface area contributed by atoms with E-state index >= 15 is 0 Å². The highest BCUT2D eigenvalue weighted by Gasteiger charge is 2.48. The number of hydrogen-bond donors (Lipinski definition) is 0. The highest BCUT2D eigenvalue weighted by molar-refractivity contribution is 7.95. The molecule has 2 aromatic rings. The van der Waals surface area contributed by atoms with Crippen LogP contribution in [0.15, 0.2) is 54.6 Å². The van der Waals surface area contributed by atoms with E-state index in [4.69, 9.17) is 4.74 Å². The van der Waals surface area contributed by atoms with Crippen LogP contribution in [0.2, 0.25) is 0 Å². The second kappa shape index (κ2) is 9.78. The minimum atomic E-state index is 0.223. The maximum absolute atomic E-state index is 6.93. The van der Waals surface area contributed by atoms with Crippen molar-refractivity contribution in [3.8, 4) is 0 Å². The molecule has 4 unspecified atom stereocenters. The molecule has 1 fully saturated rings. The third-order valence-corrected chi connectivity index (χ3v) is 8.95. The van der Waals surface area contributed by atoms with Crippen LogP contribution >= 0.6 is 0 Å². The van der Waals surface area contributed by atoms with Gasteiger partial charge in [0, 0.05) is 16.5 Å². The third-order valence-electron chi connectivity index (χ3n) is 7.73. The fourth-order valence-electron chi connectivity index (χ4n) is 6.81. The monoisotopic (exact) mass is 465 g/mol. The average molecular weight is 466 g/mol. The molecule has 0 spiro atoms. The molecular weight excluding hydrogens is 420 g/mol. The molecule has 33 heavy (non-hydrogen) atoms. The molecule has 2 heteroatoms. The molecule has 0 N–H and O–H groups in total. The van der Waals surface area contributed by atoms with E-state index < -0.39 is 0 Å². The average Bonchev–Trinajstić information content (AvgIpc) is 3.27. The summed E-state index contributed by atoms with van der Waals surface area (Å²) in [4.78, 5) is 0. The zero-order valence-corrected chi connectivity index (χ0v) is 22.8. The van der Waals surface area contributed by atoms with Gasteiger partial charge in [0.25, 0.3) is 0 Å². The highest BCUT2D eigenvalue weighted by atomic mass is 32.2. The molecule has 0 radical (unpaired) electrons. The molecule has 0 saturated heterocycles. The molecule has 180 valence electrons. The lowest BCUT2D eigenvalue weighted by Crippen LogP contribution is -2.25. The van der Waals surface area contributed by atoms with Crippen molar-refractivity contribution in [3.63, 3.8) is 0 Å². The second-order valence-electron chi connectivity index (χ2n) is 13.0. The molecule has 5 atom stereocenters. The molecule has 1 saturated carbocycles. The second-order valence-corrected chi connectivity index (χ2v) is 15.1. The molecule has 0 bridgehead atoms. The number of benzene rings is 2. The van der Waals surface area contributed by atoms with Gasteiger partial charge in [0.05, 0.1) is 6.10 Å². The van der Waals surface area contributed by atoms with Gasteiger partial charge in [-0.1, -0.05) is 89.2 Å². The van der Waals surface area contributed by atoms with Crippen LogP contribution in [0.4, 0.5) is 0 Å². The van der Waals surface area contributed by atoms with Gasteiger partial charge in [0.15, 0.2) is 0 Å². The van der Waals surface area contributed by atoms with E-state index in [1.807, 2.05) is 0 Å². The Balaban J connectivity index is 1.59. The Labute approximate surface area is 206 Å². The summed E-state index contributed by atoms with van der Waals surface area (Å²) in [6.45, 7) is 12.2. The SMILES string of the molecule is C[S+](C)[C@H]1OC(C2CC(CC(C)(C)C)CC2CC(C)(C)Cc2ccccc2)c2ccccc21. The summed E-state index contributed by atoms with van der Waals surface area (Å²) in [6, 6.07) is 20.2. The molecule has 1 heterocycles. The van der Waals surface area contributed by atoms with Crippen molar-refractivity contribution in [2.75, 3.05) is 12.5 Å². The zero-order valence-electron chi connectivity index (χ0n) is 21.9. The third kappa shape index (κ3) is 6.06. The lowest BCUT2D eigenvalue weighted by atomic mass is 9.73. The van der Waals surface area contributed by atoms with Gasteiger partial charge < -0.3 is 4.74 Å². The van der Waals surface area contributed by atoms with Gasteiger partial charge >= 0.3 is 0 Å². The predicted octanol–water partition coefficient (Wildman–Crippen LogP) is 8.37. The Bertz CT molecular complexity index is 910. The Morgan fingerprint density at radius 1 is 0.818 bits per heavy atom. The summed E-state index contributed by atoms with van der Waals surface area (Å²) in [7, 11) is 0.223. The standard InChI is InChI=1S/C31H45OS/c1-30(2,3)19-23-17-24(21-31(4,5)20-22-13-9-8-10-14-22)27(18-23)28-25-15-11-12-16-26(25)29(32-28)33(6)7/h8-16,23-24,27-29H,17-21H2,1-7H3/q+1/t23?,24?,27?,28?,29-/m1/s1. The van der Waals surface area contributed by atoms with Crippen molar-refractivity contribution in [2.24, 2.45) is 28.6 Å². The minimum absolute atomic E-state index is 0.223. The van der Waals surface area contributed by atoms with Crippen LogP contribution in [0.5, 0.6) is 0 Å². The zero-order chi connectivity index (χ0) is 23.8. The fourth-order valence-corrected chi connectivity index (χ4v) is 7.87. The van der Waals surface area contributed by atoms with Crippen LogP contribution in [-0.4, -0.2) is 12.5 Å². The van der Waals surface area contributed by atoms with E-state index in [1.54, 1.807) is 0 Å². The van der Waals surface area contributed by atoms with Gasteiger partial charge in [-0.15, -0.1) is 0 Å². The topological polar surface area (TPSA) is 9.23 Å². The first-order chi connectivity index (χ1) is 15.5. The van der Waals surface area contributed by atoms with E-state index in [2.05, 4.69) is 102 Å². The van der Waals surface area contributed by atoms with E-state index in [0.29, 0.717) is 11.3 Å². The molecule has 4 rings (SSSR count). The number of rotatable bonds is 7. The molecule has 0 aromatic heterocycles. The molecular formula is C31H45OS+. The van der Waals surface area contributed by atoms with Crippen LogP contribution in [-0.2, 0) is 22.1 Å². The van der Waals surface area contributed by atoms with Gasteiger partial charge in [-0.3, -0.25) is 0 Å². The lowest BCUT2D eigenvalue weighted by Gasteiger charge is -2.33. The Kier molecular flexibility index (Phi) is 7.37. The first kappa shape index (κ1) is 24.9. The normalized spacial score (nSPS) is 27.8. The summed E-state index contributed by atoms with van der Waals surface area (Å²) < 4.78 is 6.93. The Morgan fingerprint density at radius 3 is 2.09 bits per heavy atom. The fraction of sp³-hybridized carbons (Fsp3) is 0.613. The Morgan fingerprint density at radius 2 is 1.45 bits per heavy atom. The largest absolute Gasteiger partial charge is 0.321 e. The van der Waals surface area contributed by atoms with E-state index in [1.165, 1.54) is 42.4 Å². The maximum atomic E-state index is 6.93. The van der Waals surface area contributed by atoms with Crippen LogP contribution in [0, 0.1) is 28.6 Å². The lowest BCUT2D eigenvalue weighted by molar-refractivity contribution is -0.00256. The quantitative estimate of drug-likeness (QED) is 0.373. The Hall–Kier alpha value is -1.25. The van der Waals surface area contributed by atoms with Gasteiger partial charge in [0.1, 0.15) is 12.5 Å². The summed E-state index contributed by atoms with van der Waals surface area (Å²) >= 11 is 0. The van der Waals surface area contributed by atoms with E-state index in [0.717, 1.165) is 18.3 Å². The van der Waals surface area contributed by atoms with Crippen LogP contribution in [0.25, 0.3) is 0 Å². The van der Waals surface area contributed by atoms with Crippen LogP contribution < -0.4 is 0 Å². The van der Waals surface area contributed by atoms with Crippen molar-refractivity contribution in [2.45, 2.75) is 78.3 Å². The molecule has 0 amide bonds.